The summed E-state index contributed by atoms with van der Waals surface area (Å²) in [5.74, 6) is -0.0833. The lowest BCUT2D eigenvalue weighted by Gasteiger charge is -2.14. The van der Waals surface area contributed by atoms with Gasteiger partial charge in [-0.3, -0.25) is 4.79 Å². The Kier molecular flexibility index (Phi) is 6.59. The predicted octanol–water partition coefficient (Wildman–Crippen LogP) is 3.89. The zero-order valence-electron chi connectivity index (χ0n) is 15.6. The van der Waals surface area contributed by atoms with E-state index in [-0.39, 0.29) is 34.2 Å². The van der Waals surface area contributed by atoms with Crippen molar-refractivity contribution in [2.45, 2.75) is 43.5 Å². The molecule has 0 spiro atoms. The zero-order chi connectivity index (χ0) is 20.1. The summed E-state index contributed by atoms with van der Waals surface area (Å²) in [6, 6.07) is 11.6. The molecule has 1 aliphatic rings. The largest absolute Gasteiger partial charge is 0.482 e. The highest BCUT2D eigenvalue weighted by molar-refractivity contribution is 7.89. The van der Waals surface area contributed by atoms with Gasteiger partial charge in [0.05, 0.1) is 9.92 Å². The molecule has 2 aromatic carbocycles. The van der Waals surface area contributed by atoms with E-state index in [1.54, 1.807) is 12.1 Å². The number of ether oxygens (including phenoxy) is 1. The Balaban J connectivity index is 1.59. The number of nitrogens with one attached hydrogen (secondary N) is 2. The maximum Gasteiger partial charge on any atom is 0.262 e. The van der Waals surface area contributed by atoms with Crippen molar-refractivity contribution in [1.29, 1.82) is 0 Å². The van der Waals surface area contributed by atoms with Crippen molar-refractivity contribution >= 4 is 33.2 Å². The fourth-order valence-electron chi connectivity index (χ4n) is 3.07. The maximum absolute atomic E-state index is 12.5. The van der Waals surface area contributed by atoms with Crippen molar-refractivity contribution < 1.29 is 17.9 Å². The highest BCUT2D eigenvalue weighted by Crippen LogP contribution is 2.28. The number of amides is 1. The van der Waals surface area contributed by atoms with Crippen molar-refractivity contribution in [3.63, 3.8) is 0 Å². The van der Waals surface area contributed by atoms with Crippen molar-refractivity contribution in [2.75, 3.05) is 11.9 Å². The number of aryl methyl sites for hydroxylation is 1. The monoisotopic (exact) mass is 422 g/mol. The minimum atomic E-state index is -3.63. The molecule has 8 heteroatoms. The molecule has 0 heterocycles. The van der Waals surface area contributed by atoms with Crippen LogP contribution in [-0.2, 0) is 14.8 Å². The van der Waals surface area contributed by atoms with Gasteiger partial charge in [0.1, 0.15) is 5.75 Å². The van der Waals surface area contributed by atoms with E-state index in [1.165, 1.54) is 18.2 Å². The third-order valence-electron chi connectivity index (χ3n) is 4.58. The van der Waals surface area contributed by atoms with E-state index >= 15 is 0 Å². The molecule has 0 unspecified atom stereocenters. The van der Waals surface area contributed by atoms with Gasteiger partial charge in [-0.15, -0.1) is 0 Å². The third kappa shape index (κ3) is 5.47. The predicted molar refractivity (Wildman–Crippen MR) is 109 cm³/mol. The first kappa shape index (κ1) is 20.6. The molecule has 150 valence electrons. The molecule has 0 radical (unpaired) electrons. The molecule has 1 fully saturated rings. The van der Waals surface area contributed by atoms with E-state index in [0.29, 0.717) is 5.69 Å². The normalized spacial score (nSPS) is 14.8. The molecular weight excluding hydrogens is 400 g/mol. The molecule has 0 saturated heterocycles. The van der Waals surface area contributed by atoms with Crippen LogP contribution in [0.15, 0.2) is 47.4 Å². The molecule has 2 aromatic rings. The number of benzene rings is 2. The number of rotatable bonds is 7. The van der Waals surface area contributed by atoms with Gasteiger partial charge in [0.15, 0.2) is 6.61 Å². The summed E-state index contributed by atoms with van der Waals surface area (Å²) in [5.41, 5.74) is 1.77. The number of anilines is 1. The average Bonchev–Trinajstić information content (AvgIpc) is 3.15. The number of hydrogen-bond acceptors (Lipinski definition) is 4. The van der Waals surface area contributed by atoms with Gasteiger partial charge in [0.2, 0.25) is 10.0 Å². The molecule has 3 rings (SSSR count). The van der Waals surface area contributed by atoms with Gasteiger partial charge in [-0.05, 0) is 50.1 Å². The maximum atomic E-state index is 12.5. The van der Waals surface area contributed by atoms with E-state index in [9.17, 15) is 13.2 Å². The Labute approximate surface area is 170 Å². The molecule has 0 atom stereocenters. The van der Waals surface area contributed by atoms with Gasteiger partial charge in [0.25, 0.3) is 5.91 Å². The molecule has 0 aromatic heterocycles. The number of halogens is 1. The van der Waals surface area contributed by atoms with Crippen LogP contribution < -0.4 is 14.8 Å². The zero-order valence-corrected chi connectivity index (χ0v) is 17.1. The Bertz CT molecular complexity index is 939. The number of hydrogen-bond donors (Lipinski definition) is 2. The quantitative estimate of drug-likeness (QED) is 0.709. The second kappa shape index (κ2) is 8.94. The van der Waals surface area contributed by atoms with Crippen LogP contribution >= 0.6 is 11.6 Å². The topological polar surface area (TPSA) is 84.5 Å². The minimum Gasteiger partial charge on any atom is -0.482 e. The van der Waals surface area contributed by atoms with E-state index in [1.807, 2.05) is 19.1 Å². The Hall–Kier alpha value is -2.09. The van der Waals surface area contributed by atoms with E-state index in [2.05, 4.69) is 10.0 Å². The Morgan fingerprint density at radius 1 is 1.14 bits per heavy atom. The van der Waals surface area contributed by atoms with Crippen LogP contribution in [0.2, 0.25) is 5.02 Å². The molecule has 1 saturated carbocycles. The van der Waals surface area contributed by atoms with Crippen molar-refractivity contribution in [3.05, 3.63) is 53.1 Å². The lowest BCUT2D eigenvalue weighted by atomic mass is 10.2. The fraction of sp³-hybridized carbons (Fsp3) is 0.350. The molecule has 6 nitrogen and oxygen atoms in total. The van der Waals surface area contributed by atoms with Crippen LogP contribution in [0.1, 0.15) is 31.2 Å². The van der Waals surface area contributed by atoms with Gasteiger partial charge >= 0.3 is 0 Å². The fourth-order valence-corrected chi connectivity index (χ4v) is 4.70. The Morgan fingerprint density at radius 2 is 1.82 bits per heavy atom. The van der Waals surface area contributed by atoms with Crippen LogP contribution in [0.3, 0.4) is 0 Å². The van der Waals surface area contributed by atoms with Gasteiger partial charge < -0.3 is 10.1 Å². The standard InChI is InChI=1S/C20H23ClN2O4S/c1-14-6-8-15(9-7-14)22-20(24)13-27-19-11-10-17(12-18(19)21)28(25,26)23-16-4-2-3-5-16/h6-12,16,23H,2-5,13H2,1H3,(H,22,24). The summed E-state index contributed by atoms with van der Waals surface area (Å²) < 4.78 is 33.1. The van der Waals surface area contributed by atoms with E-state index in [0.717, 1.165) is 31.2 Å². The van der Waals surface area contributed by atoms with Gasteiger partial charge in [-0.1, -0.05) is 42.1 Å². The van der Waals surface area contributed by atoms with Gasteiger partial charge in [0, 0.05) is 11.7 Å². The average molecular weight is 423 g/mol. The number of carbonyl (C=O) groups excluding carboxylic acids is 1. The molecule has 2 N–H and O–H groups in total. The van der Waals surface area contributed by atoms with Crippen molar-refractivity contribution in [2.24, 2.45) is 0 Å². The van der Waals surface area contributed by atoms with Gasteiger partial charge in [-0.25, -0.2) is 13.1 Å². The second-order valence-electron chi connectivity index (χ2n) is 6.90. The Morgan fingerprint density at radius 3 is 2.46 bits per heavy atom. The molecule has 0 aliphatic heterocycles. The summed E-state index contributed by atoms with van der Waals surface area (Å²) in [6.45, 7) is 1.73. The van der Waals surface area contributed by atoms with Crippen LogP contribution in [0, 0.1) is 6.92 Å². The van der Waals surface area contributed by atoms with Crippen LogP contribution in [0.5, 0.6) is 5.75 Å². The third-order valence-corrected chi connectivity index (χ3v) is 6.40. The van der Waals surface area contributed by atoms with Crippen LogP contribution in [-0.4, -0.2) is 27.0 Å². The highest BCUT2D eigenvalue weighted by atomic mass is 35.5. The van der Waals surface area contributed by atoms with E-state index < -0.39 is 10.0 Å². The second-order valence-corrected chi connectivity index (χ2v) is 9.02. The summed E-state index contributed by atoms with van der Waals surface area (Å²) in [6.07, 6.45) is 3.77. The van der Waals surface area contributed by atoms with Crippen molar-refractivity contribution in [3.8, 4) is 5.75 Å². The summed E-state index contributed by atoms with van der Waals surface area (Å²) in [7, 11) is -3.63. The first-order valence-electron chi connectivity index (χ1n) is 9.15. The SMILES string of the molecule is Cc1ccc(NC(=O)COc2ccc(S(=O)(=O)NC3CCCC3)cc2Cl)cc1. The molecular formula is C20H23ClN2O4S. The lowest BCUT2D eigenvalue weighted by molar-refractivity contribution is -0.118. The van der Waals surface area contributed by atoms with Crippen molar-refractivity contribution in [1.82, 2.24) is 4.72 Å². The molecule has 1 aliphatic carbocycles. The van der Waals surface area contributed by atoms with Crippen LogP contribution in [0.4, 0.5) is 5.69 Å². The van der Waals surface area contributed by atoms with E-state index in [4.69, 9.17) is 16.3 Å². The first-order valence-corrected chi connectivity index (χ1v) is 11.0. The summed E-state index contributed by atoms with van der Waals surface area (Å²) in [4.78, 5) is 12.1. The lowest BCUT2D eigenvalue weighted by Crippen LogP contribution is -2.32. The molecule has 1 amide bonds. The molecule has 28 heavy (non-hydrogen) atoms. The summed E-state index contributed by atoms with van der Waals surface area (Å²) >= 11 is 6.16. The number of carbonyl (C=O) groups is 1. The van der Waals surface area contributed by atoms with Gasteiger partial charge in [-0.2, -0.15) is 0 Å². The summed E-state index contributed by atoms with van der Waals surface area (Å²) in [5, 5.41) is 2.86. The minimum absolute atomic E-state index is 0.0230. The first-order chi connectivity index (χ1) is 13.3. The highest BCUT2D eigenvalue weighted by Gasteiger charge is 2.23. The molecule has 0 bridgehead atoms. The number of sulfonamides is 1. The smallest absolute Gasteiger partial charge is 0.262 e. The van der Waals surface area contributed by atoms with Crippen LogP contribution in [0.25, 0.3) is 0 Å².